The fourth-order valence-corrected chi connectivity index (χ4v) is 5.42. The molecule has 1 heterocycles. The Morgan fingerprint density at radius 3 is 2.46 bits per heavy atom. The van der Waals surface area contributed by atoms with E-state index in [0.29, 0.717) is 12.8 Å². The zero-order valence-electron chi connectivity index (χ0n) is 15.1. The molecule has 0 aromatic heterocycles. The van der Waals surface area contributed by atoms with Crippen LogP contribution in [0.1, 0.15) is 36.3 Å². The number of rotatable bonds is 4. The molecule has 2 aliphatic carbocycles. The number of fused-ring (bicyclic) bond motifs is 1. The van der Waals surface area contributed by atoms with E-state index in [0.717, 1.165) is 18.4 Å². The Hall–Kier alpha value is -2.36. The van der Waals surface area contributed by atoms with Crippen molar-refractivity contribution in [1.29, 1.82) is 0 Å². The summed E-state index contributed by atoms with van der Waals surface area (Å²) in [6.45, 7) is 7.88. The standard InChI is InChI=1S/C22H24O4/c1-4-15-10-11-16(5-2)22(15)13-21(19(23)25-3,20(24)26-22)18-12-14-8-6-7-9-17(14)18/h4-9,15-16,18H,1-2,10-13H2,3H3/t15-,16-,18?,21-/m0/s1. The lowest BCUT2D eigenvalue weighted by molar-refractivity contribution is -0.167. The van der Waals surface area contributed by atoms with E-state index in [1.807, 2.05) is 36.4 Å². The lowest BCUT2D eigenvalue weighted by Gasteiger charge is -2.40. The third-order valence-corrected chi connectivity index (χ3v) is 6.81. The van der Waals surface area contributed by atoms with Gasteiger partial charge in [0.25, 0.3) is 0 Å². The van der Waals surface area contributed by atoms with Gasteiger partial charge in [0.15, 0.2) is 5.41 Å². The number of hydrogen-bond acceptors (Lipinski definition) is 4. The molecule has 0 amide bonds. The largest absolute Gasteiger partial charge is 0.468 e. The van der Waals surface area contributed by atoms with Crippen molar-refractivity contribution in [3.8, 4) is 0 Å². The van der Waals surface area contributed by atoms with Gasteiger partial charge in [-0.25, -0.2) is 0 Å². The number of benzene rings is 1. The average Bonchev–Trinajstić information content (AvgIpc) is 3.12. The molecule has 1 unspecified atom stereocenters. The summed E-state index contributed by atoms with van der Waals surface area (Å²) in [5.41, 5.74) is 0.214. The lowest BCUT2D eigenvalue weighted by atomic mass is 9.58. The van der Waals surface area contributed by atoms with E-state index >= 15 is 0 Å². The summed E-state index contributed by atoms with van der Waals surface area (Å²) in [6, 6.07) is 7.96. The van der Waals surface area contributed by atoms with Crippen molar-refractivity contribution >= 4 is 11.9 Å². The van der Waals surface area contributed by atoms with Gasteiger partial charge in [0.1, 0.15) is 5.60 Å². The molecule has 4 heteroatoms. The summed E-state index contributed by atoms with van der Waals surface area (Å²) < 4.78 is 11.2. The van der Waals surface area contributed by atoms with E-state index in [4.69, 9.17) is 9.47 Å². The van der Waals surface area contributed by atoms with Gasteiger partial charge in [-0.15, -0.1) is 13.2 Å². The van der Waals surface area contributed by atoms with Crippen molar-refractivity contribution in [1.82, 2.24) is 0 Å². The van der Waals surface area contributed by atoms with Gasteiger partial charge in [-0.2, -0.15) is 0 Å². The second-order valence-corrected chi connectivity index (χ2v) is 7.70. The highest BCUT2D eigenvalue weighted by Crippen LogP contribution is 2.62. The van der Waals surface area contributed by atoms with E-state index in [1.165, 1.54) is 12.7 Å². The summed E-state index contributed by atoms with van der Waals surface area (Å²) >= 11 is 0. The topological polar surface area (TPSA) is 52.6 Å². The number of methoxy groups -OCH3 is 1. The minimum absolute atomic E-state index is 0.0244. The molecule has 1 saturated carbocycles. The molecule has 3 aliphatic rings. The van der Waals surface area contributed by atoms with Gasteiger partial charge in [-0.3, -0.25) is 9.59 Å². The highest BCUT2D eigenvalue weighted by molar-refractivity contribution is 6.03. The minimum atomic E-state index is -1.28. The van der Waals surface area contributed by atoms with E-state index in [1.54, 1.807) is 0 Å². The predicted octanol–water partition coefficient (Wildman–Crippen LogP) is 3.57. The maximum atomic E-state index is 13.2. The fraction of sp³-hybridized carbons (Fsp3) is 0.455. The highest BCUT2D eigenvalue weighted by Gasteiger charge is 2.70. The average molecular weight is 352 g/mol. The molecule has 1 aliphatic heterocycles. The molecule has 0 bridgehead atoms. The third-order valence-electron chi connectivity index (χ3n) is 6.81. The molecule has 0 N–H and O–H groups in total. The van der Waals surface area contributed by atoms with Crippen molar-refractivity contribution in [2.24, 2.45) is 17.3 Å². The zero-order chi connectivity index (χ0) is 18.5. The van der Waals surface area contributed by atoms with Crippen molar-refractivity contribution in [2.75, 3.05) is 7.11 Å². The van der Waals surface area contributed by atoms with E-state index in [9.17, 15) is 9.59 Å². The van der Waals surface area contributed by atoms with Gasteiger partial charge < -0.3 is 9.47 Å². The van der Waals surface area contributed by atoms with Crippen molar-refractivity contribution < 1.29 is 19.1 Å². The molecule has 136 valence electrons. The van der Waals surface area contributed by atoms with Crippen molar-refractivity contribution in [2.45, 2.75) is 37.2 Å². The van der Waals surface area contributed by atoms with Gasteiger partial charge in [0.2, 0.25) is 0 Å². The van der Waals surface area contributed by atoms with Gasteiger partial charge in [-0.05, 0) is 30.4 Å². The summed E-state index contributed by atoms with van der Waals surface area (Å²) in [4.78, 5) is 26.2. The number of carbonyl (C=O) groups is 2. The number of esters is 2. The van der Waals surface area contributed by atoms with Crippen LogP contribution < -0.4 is 0 Å². The number of hydrogen-bond donors (Lipinski definition) is 0. The number of carbonyl (C=O) groups excluding carboxylic acids is 2. The normalized spacial score (nSPS) is 33.9. The predicted molar refractivity (Wildman–Crippen MR) is 97.4 cm³/mol. The van der Waals surface area contributed by atoms with E-state index in [2.05, 4.69) is 13.2 Å². The van der Waals surface area contributed by atoms with Crippen LogP contribution >= 0.6 is 0 Å². The van der Waals surface area contributed by atoms with Crippen molar-refractivity contribution in [3.05, 3.63) is 60.7 Å². The zero-order valence-corrected chi connectivity index (χ0v) is 15.1. The van der Waals surface area contributed by atoms with Gasteiger partial charge in [0.05, 0.1) is 7.11 Å². The smallest absolute Gasteiger partial charge is 0.324 e. The van der Waals surface area contributed by atoms with Gasteiger partial charge in [-0.1, -0.05) is 36.4 Å². The molecular formula is C22H24O4. The molecular weight excluding hydrogens is 328 g/mol. The Bertz CT molecular complexity index is 779. The first-order chi connectivity index (χ1) is 12.5. The van der Waals surface area contributed by atoms with Crippen LogP contribution in [-0.4, -0.2) is 24.6 Å². The molecule has 4 rings (SSSR count). The van der Waals surface area contributed by atoms with Crippen LogP contribution in [0.4, 0.5) is 0 Å². The maximum absolute atomic E-state index is 13.2. The fourth-order valence-electron chi connectivity index (χ4n) is 5.42. The summed E-state index contributed by atoms with van der Waals surface area (Å²) in [7, 11) is 1.34. The first-order valence-corrected chi connectivity index (χ1v) is 9.18. The van der Waals surface area contributed by atoms with Crippen LogP contribution in [-0.2, 0) is 25.5 Å². The Balaban J connectivity index is 1.82. The second-order valence-electron chi connectivity index (χ2n) is 7.70. The van der Waals surface area contributed by atoms with Crippen molar-refractivity contribution in [3.63, 3.8) is 0 Å². The van der Waals surface area contributed by atoms with Crippen LogP contribution in [0, 0.1) is 17.3 Å². The van der Waals surface area contributed by atoms with E-state index in [-0.39, 0.29) is 17.8 Å². The Morgan fingerprint density at radius 2 is 1.88 bits per heavy atom. The van der Waals surface area contributed by atoms with Gasteiger partial charge >= 0.3 is 11.9 Å². The second kappa shape index (κ2) is 5.83. The molecule has 1 aromatic rings. The quantitative estimate of drug-likeness (QED) is 0.472. The highest BCUT2D eigenvalue weighted by atomic mass is 16.6. The van der Waals surface area contributed by atoms with Crippen LogP contribution in [0.5, 0.6) is 0 Å². The molecule has 1 aromatic carbocycles. The summed E-state index contributed by atoms with van der Waals surface area (Å²) in [5.74, 6) is -1.09. The summed E-state index contributed by atoms with van der Waals surface area (Å²) in [5, 5.41) is 0. The molecule has 4 atom stereocenters. The lowest BCUT2D eigenvalue weighted by Crippen LogP contribution is -2.47. The molecule has 1 saturated heterocycles. The summed E-state index contributed by atoms with van der Waals surface area (Å²) in [6.07, 6.45) is 6.50. The monoisotopic (exact) mass is 352 g/mol. The third kappa shape index (κ3) is 1.96. The van der Waals surface area contributed by atoms with Crippen LogP contribution in [0.25, 0.3) is 0 Å². The maximum Gasteiger partial charge on any atom is 0.324 e. The number of ether oxygens (including phenoxy) is 2. The van der Waals surface area contributed by atoms with Gasteiger partial charge in [0, 0.05) is 24.2 Å². The van der Waals surface area contributed by atoms with Crippen LogP contribution in [0.2, 0.25) is 0 Å². The molecule has 26 heavy (non-hydrogen) atoms. The van der Waals surface area contributed by atoms with Crippen LogP contribution in [0.15, 0.2) is 49.6 Å². The Kier molecular flexibility index (Phi) is 3.83. The molecule has 1 spiro atoms. The first-order valence-electron chi connectivity index (χ1n) is 9.18. The minimum Gasteiger partial charge on any atom is -0.468 e. The molecule has 0 radical (unpaired) electrons. The molecule has 2 fully saturated rings. The van der Waals surface area contributed by atoms with E-state index < -0.39 is 23.0 Å². The molecule has 4 nitrogen and oxygen atoms in total. The first kappa shape index (κ1) is 17.1. The van der Waals surface area contributed by atoms with Crippen LogP contribution in [0.3, 0.4) is 0 Å². The Labute approximate surface area is 153 Å². The Morgan fingerprint density at radius 1 is 1.23 bits per heavy atom. The SMILES string of the molecule is C=C[C@H]1CC[C@H](C=C)C12C[C@@](C(=O)OC)(C1Cc3ccccc31)C(=O)O2.